The first-order valence-corrected chi connectivity index (χ1v) is 7.08. The van der Waals surface area contributed by atoms with Crippen molar-refractivity contribution < 1.29 is 9.18 Å². The number of carbonyl (C=O) groups excluding carboxylic acids is 1. The lowest BCUT2D eigenvalue weighted by Gasteiger charge is -2.22. The summed E-state index contributed by atoms with van der Waals surface area (Å²) in [6, 6.07) is 4.83. The Hall–Kier alpha value is -0.690. The number of hydrogen-bond donors (Lipinski definition) is 2. The second-order valence-electron chi connectivity index (χ2n) is 4.67. The van der Waals surface area contributed by atoms with Crippen LogP contribution in [-0.4, -0.2) is 36.5 Å². The van der Waals surface area contributed by atoms with Gasteiger partial charge < -0.3 is 11.1 Å². The Bertz CT molecular complexity index is 475. The summed E-state index contributed by atoms with van der Waals surface area (Å²) in [5.41, 5.74) is 5.86. The molecule has 0 radical (unpaired) electrons. The highest BCUT2D eigenvalue weighted by Gasteiger charge is 2.25. The third-order valence-electron chi connectivity index (χ3n) is 3.32. The molecule has 1 atom stereocenters. The molecule has 1 aliphatic rings. The van der Waals surface area contributed by atoms with Gasteiger partial charge in [-0.25, -0.2) is 4.39 Å². The first-order chi connectivity index (χ1) is 9.10. The SMILES string of the molecule is Cl.NCC1CCCN1CC(=O)Nc1ccc(Br)cc1F. The van der Waals surface area contributed by atoms with E-state index in [1.54, 1.807) is 12.1 Å². The van der Waals surface area contributed by atoms with Gasteiger partial charge >= 0.3 is 0 Å². The predicted octanol–water partition coefficient (Wildman–Crippen LogP) is 2.37. The van der Waals surface area contributed by atoms with Crippen molar-refractivity contribution >= 4 is 39.9 Å². The minimum absolute atomic E-state index is 0. The van der Waals surface area contributed by atoms with Crippen molar-refractivity contribution in [1.29, 1.82) is 0 Å². The van der Waals surface area contributed by atoms with Gasteiger partial charge in [0, 0.05) is 17.1 Å². The maximum atomic E-state index is 13.6. The van der Waals surface area contributed by atoms with Gasteiger partial charge in [0.25, 0.3) is 0 Å². The average Bonchev–Trinajstić information content (AvgIpc) is 2.80. The van der Waals surface area contributed by atoms with Gasteiger partial charge in [-0.3, -0.25) is 9.69 Å². The second-order valence-corrected chi connectivity index (χ2v) is 5.59. The zero-order valence-electron chi connectivity index (χ0n) is 10.9. The van der Waals surface area contributed by atoms with Gasteiger partial charge in [-0.05, 0) is 37.6 Å². The molecule has 0 aliphatic carbocycles. The van der Waals surface area contributed by atoms with Gasteiger partial charge in [-0.1, -0.05) is 15.9 Å². The van der Waals surface area contributed by atoms with E-state index in [9.17, 15) is 9.18 Å². The van der Waals surface area contributed by atoms with E-state index in [-0.39, 0.29) is 36.6 Å². The van der Waals surface area contributed by atoms with E-state index in [1.807, 2.05) is 4.90 Å². The largest absolute Gasteiger partial charge is 0.329 e. The fourth-order valence-electron chi connectivity index (χ4n) is 2.34. The van der Waals surface area contributed by atoms with Crippen LogP contribution in [0.1, 0.15) is 12.8 Å². The topological polar surface area (TPSA) is 58.4 Å². The van der Waals surface area contributed by atoms with Crippen LogP contribution in [0, 0.1) is 5.82 Å². The number of amides is 1. The molecular formula is C13H18BrClFN3O. The summed E-state index contributed by atoms with van der Waals surface area (Å²) in [5, 5.41) is 2.59. The number of hydrogen-bond acceptors (Lipinski definition) is 3. The molecule has 0 bridgehead atoms. The van der Waals surface area contributed by atoms with E-state index >= 15 is 0 Å². The minimum atomic E-state index is -0.445. The smallest absolute Gasteiger partial charge is 0.238 e. The van der Waals surface area contributed by atoms with Crippen LogP contribution in [0.2, 0.25) is 0 Å². The quantitative estimate of drug-likeness (QED) is 0.860. The molecule has 1 aromatic carbocycles. The molecule has 0 aromatic heterocycles. The molecule has 1 unspecified atom stereocenters. The third kappa shape index (κ3) is 4.41. The molecule has 3 N–H and O–H groups in total. The number of nitrogens with one attached hydrogen (secondary N) is 1. The Kier molecular flexibility index (Phi) is 6.88. The van der Waals surface area contributed by atoms with Gasteiger partial charge in [-0.2, -0.15) is 0 Å². The monoisotopic (exact) mass is 365 g/mol. The lowest BCUT2D eigenvalue weighted by molar-refractivity contribution is -0.117. The summed E-state index contributed by atoms with van der Waals surface area (Å²) in [5.74, 6) is -0.652. The molecule has 112 valence electrons. The molecule has 7 heteroatoms. The number of nitrogens with zero attached hydrogens (tertiary/aromatic N) is 1. The summed E-state index contributed by atoms with van der Waals surface area (Å²) in [4.78, 5) is 13.9. The summed E-state index contributed by atoms with van der Waals surface area (Å²) >= 11 is 3.18. The molecule has 1 saturated heterocycles. The molecule has 2 rings (SSSR count). The minimum Gasteiger partial charge on any atom is -0.329 e. The van der Waals surface area contributed by atoms with Crippen LogP contribution >= 0.6 is 28.3 Å². The number of rotatable bonds is 4. The van der Waals surface area contributed by atoms with E-state index in [2.05, 4.69) is 21.2 Å². The number of halogens is 3. The highest BCUT2D eigenvalue weighted by atomic mass is 79.9. The third-order valence-corrected chi connectivity index (χ3v) is 3.82. The second kappa shape index (κ2) is 7.93. The van der Waals surface area contributed by atoms with Crippen molar-refractivity contribution in [2.24, 2.45) is 5.73 Å². The van der Waals surface area contributed by atoms with Crippen LogP contribution in [0.3, 0.4) is 0 Å². The summed E-state index contributed by atoms with van der Waals surface area (Å²) in [6.45, 7) is 1.69. The van der Waals surface area contributed by atoms with Crippen molar-refractivity contribution in [2.45, 2.75) is 18.9 Å². The molecule has 1 fully saturated rings. The highest BCUT2D eigenvalue weighted by Crippen LogP contribution is 2.20. The molecule has 20 heavy (non-hydrogen) atoms. The van der Waals surface area contributed by atoms with E-state index in [0.29, 0.717) is 11.0 Å². The van der Waals surface area contributed by atoms with E-state index < -0.39 is 5.82 Å². The summed E-state index contributed by atoms with van der Waals surface area (Å²) < 4.78 is 14.2. The number of anilines is 1. The fourth-order valence-corrected chi connectivity index (χ4v) is 2.67. The van der Waals surface area contributed by atoms with E-state index in [0.717, 1.165) is 19.4 Å². The highest BCUT2D eigenvalue weighted by molar-refractivity contribution is 9.10. The molecule has 0 saturated carbocycles. The van der Waals surface area contributed by atoms with Crippen LogP contribution in [0.4, 0.5) is 10.1 Å². The zero-order valence-corrected chi connectivity index (χ0v) is 13.3. The van der Waals surface area contributed by atoms with Crippen molar-refractivity contribution in [3.8, 4) is 0 Å². The van der Waals surface area contributed by atoms with Crippen molar-refractivity contribution in [1.82, 2.24) is 4.90 Å². The Balaban J connectivity index is 0.00000200. The maximum Gasteiger partial charge on any atom is 0.238 e. The Morgan fingerprint density at radius 2 is 2.30 bits per heavy atom. The Labute approximate surface area is 132 Å². The van der Waals surface area contributed by atoms with Gasteiger partial charge in [0.05, 0.1) is 12.2 Å². The van der Waals surface area contributed by atoms with Crippen LogP contribution in [0.15, 0.2) is 22.7 Å². The Morgan fingerprint density at radius 3 is 2.95 bits per heavy atom. The van der Waals surface area contributed by atoms with Crippen LogP contribution < -0.4 is 11.1 Å². The first-order valence-electron chi connectivity index (χ1n) is 6.29. The lowest BCUT2D eigenvalue weighted by atomic mass is 10.2. The molecule has 1 aromatic rings. The molecule has 0 spiro atoms. The van der Waals surface area contributed by atoms with E-state index in [1.165, 1.54) is 6.07 Å². The molecule has 1 amide bonds. The lowest BCUT2D eigenvalue weighted by Crippen LogP contribution is -2.40. The summed E-state index contributed by atoms with van der Waals surface area (Å²) in [6.07, 6.45) is 2.08. The fraction of sp³-hybridized carbons (Fsp3) is 0.462. The zero-order chi connectivity index (χ0) is 13.8. The summed E-state index contributed by atoms with van der Waals surface area (Å²) in [7, 11) is 0. The molecular weight excluding hydrogens is 349 g/mol. The predicted molar refractivity (Wildman–Crippen MR) is 83.6 cm³/mol. The van der Waals surface area contributed by atoms with Gasteiger partial charge in [-0.15, -0.1) is 12.4 Å². The van der Waals surface area contributed by atoms with E-state index in [4.69, 9.17) is 5.73 Å². The standard InChI is InChI=1S/C13H17BrFN3O.ClH/c14-9-3-4-12(11(15)6-9)17-13(19)8-18-5-1-2-10(18)7-16;/h3-4,6,10H,1-2,5,7-8,16H2,(H,17,19);1H. The molecule has 4 nitrogen and oxygen atoms in total. The average molecular weight is 367 g/mol. The van der Waals surface area contributed by atoms with Crippen molar-refractivity contribution in [2.75, 3.05) is 25.0 Å². The normalized spacial score (nSPS) is 18.6. The van der Waals surface area contributed by atoms with Crippen LogP contribution in [0.25, 0.3) is 0 Å². The Morgan fingerprint density at radius 1 is 1.55 bits per heavy atom. The maximum absolute atomic E-state index is 13.6. The molecule has 1 heterocycles. The van der Waals surface area contributed by atoms with Crippen molar-refractivity contribution in [3.63, 3.8) is 0 Å². The molecule has 1 aliphatic heterocycles. The number of nitrogens with two attached hydrogens (primary N) is 1. The number of likely N-dealkylation sites (tertiary alicyclic amines) is 1. The van der Waals surface area contributed by atoms with Crippen LogP contribution in [0.5, 0.6) is 0 Å². The van der Waals surface area contributed by atoms with Gasteiger partial charge in [0.15, 0.2) is 0 Å². The number of carbonyl (C=O) groups is 1. The van der Waals surface area contributed by atoms with Gasteiger partial charge in [0.1, 0.15) is 5.82 Å². The van der Waals surface area contributed by atoms with Gasteiger partial charge in [0.2, 0.25) is 5.91 Å². The van der Waals surface area contributed by atoms with Crippen molar-refractivity contribution in [3.05, 3.63) is 28.5 Å². The number of benzene rings is 1. The first kappa shape index (κ1) is 17.4. The van der Waals surface area contributed by atoms with Crippen LogP contribution in [-0.2, 0) is 4.79 Å².